The number of para-hydroxylation sites is 1. The Labute approximate surface area is 131 Å². The second-order valence-electron chi connectivity index (χ2n) is 4.32. The molecule has 0 atom stereocenters. The van der Waals surface area contributed by atoms with Crippen molar-refractivity contribution < 1.29 is 14.7 Å². The molecular formula is C15H11Cl2NO3. The Kier molecular flexibility index (Phi) is 4.50. The van der Waals surface area contributed by atoms with Crippen molar-refractivity contribution in [3.63, 3.8) is 0 Å². The Morgan fingerprint density at radius 2 is 1.71 bits per heavy atom. The van der Waals surface area contributed by atoms with E-state index in [4.69, 9.17) is 23.2 Å². The number of aromatic carboxylic acids is 1. The summed E-state index contributed by atoms with van der Waals surface area (Å²) in [4.78, 5) is 24.9. The lowest BCUT2D eigenvalue weighted by Gasteiger charge is -2.19. The molecule has 0 unspecified atom stereocenters. The first-order chi connectivity index (χ1) is 9.91. The summed E-state index contributed by atoms with van der Waals surface area (Å²) in [5, 5.41) is 9.79. The molecule has 2 aromatic rings. The van der Waals surface area contributed by atoms with Crippen LogP contribution in [0.5, 0.6) is 0 Å². The minimum atomic E-state index is -1.10. The van der Waals surface area contributed by atoms with E-state index < -0.39 is 5.97 Å². The number of hydrogen-bond donors (Lipinski definition) is 1. The van der Waals surface area contributed by atoms with Gasteiger partial charge in [-0.3, -0.25) is 4.79 Å². The lowest BCUT2D eigenvalue weighted by Crippen LogP contribution is -2.27. The predicted octanol–water partition coefficient (Wildman–Crippen LogP) is 3.97. The summed E-state index contributed by atoms with van der Waals surface area (Å²) in [5.41, 5.74) is 0.682. The van der Waals surface area contributed by atoms with Gasteiger partial charge in [0.15, 0.2) is 0 Å². The normalized spacial score (nSPS) is 10.2. The summed E-state index contributed by atoms with van der Waals surface area (Å²) in [6.45, 7) is 0. The second-order valence-corrected chi connectivity index (χ2v) is 5.13. The van der Waals surface area contributed by atoms with Gasteiger partial charge in [-0.05, 0) is 30.3 Å². The lowest BCUT2D eigenvalue weighted by molar-refractivity contribution is 0.0697. The van der Waals surface area contributed by atoms with Crippen molar-refractivity contribution in [2.45, 2.75) is 0 Å². The first-order valence-corrected chi connectivity index (χ1v) is 6.73. The number of rotatable bonds is 3. The van der Waals surface area contributed by atoms with Gasteiger partial charge in [-0.2, -0.15) is 0 Å². The Hall–Kier alpha value is -2.04. The Morgan fingerprint density at radius 3 is 2.33 bits per heavy atom. The van der Waals surface area contributed by atoms with E-state index in [0.717, 1.165) is 0 Å². The highest BCUT2D eigenvalue weighted by Crippen LogP contribution is 2.25. The molecule has 0 saturated carbocycles. The molecule has 1 N–H and O–H groups in total. The maximum atomic E-state index is 12.4. The van der Waals surface area contributed by atoms with Crippen molar-refractivity contribution in [1.29, 1.82) is 0 Å². The van der Waals surface area contributed by atoms with Gasteiger partial charge in [-0.25, -0.2) is 4.79 Å². The molecule has 0 saturated heterocycles. The summed E-state index contributed by atoms with van der Waals surface area (Å²) in [5.74, 6) is -1.47. The Balaban J connectivity index is 2.40. The average molecular weight is 324 g/mol. The van der Waals surface area contributed by atoms with E-state index in [1.54, 1.807) is 18.2 Å². The molecule has 0 aromatic heterocycles. The zero-order valence-electron chi connectivity index (χ0n) is 11.0. The molecule has 0 heterocycles. The zero-order chi connectivity index (χ0) is 15.6. The molecule has 0 spiro atoms. The van der Waals surface area contributed by atoms with Gasteiger partial charge in [0.05, 0.1) is 21.3 Å². The molecule has 0 bridgehead atoms. The van der Waals surface area contributed by atoms with Crippen molar-refractivity contribution in [3.8, 4) is 0 Å². The van der Waals surface area contributed by atoms with Crippen LogP contribution in [0.25, 0.3) is 0 Å². The van der Waals surface area contributed by atoms with Gasteiger partial charge in [-0.1, -0.05) is 35.3 Å². The summed E-state index contributed by atoms with van der Waals surface area (Å²) in [7, 11) is 1.51. The van der Waals surface area contributed by atoms with Crippen LogP contribution in [0.4, 0.5) is 5.69 Å². The summed E-state index contributed by atoms with van der Waals surface area (Å²) in [6.07, 6.45) is 0. The number of benzene rings is 2. The second kappa shape index (κ2) is 6.16. The van der Waals surface area contributed by atoms with Crippen LogP contribution in [0, 0.1) is 0 Å². The molecule has 21 heavy (non-hydrogen) atoms. The fourth-order valence-electron chi connectivity index (χ4n) is 1.88. The standard InChI is InChI=1S/C15H11Cl2NO3/c1-18(13-5-3-2-4-10(13)15(20)21)14(19)9-6-7-11(16)12(17)8-9/h2-8H,1H3,(H,20,21). The van der Waals surface area contributed by atoms with Crippen molar-refractivity contribution in [3.05, 3.63) is 63.6 Å². The fraction of sp³-hybridized carbons (Fsp3) is 0.0667. The van der Waals surface area contributed by atoms with E-state index in [1.165, 1.54) is 36.2 Å². The van der Waals surface area contributed by atoms with Gasteiger partial charge in [0.25, 0.3) is 5.91 Å². The van der Waals surface area contributed by atoms with E-state index in [1.807, 2.05) is 0 Å². The topological polar surface area (TPSA) is 57.6 Å². The molecule has 4 nitrogen and oxygen atoms in total. The molecule has 0 radical (unpaired) electrons. The molecule has 0 fully saturated rings. The van der Waals surface area contributed by atoms with Crippen LogP contribution >= 0.6 is 23.2 Å². The first-order valence-electron chi connectivity index (χ1n) is 5.97. The Morgan fingerprint density at radius 1 is 1.05 bits per heavy atom. The van der Waals surface area contributed by atoms with E-state index in [9.17, 15) is 14.7 Å². The van der Waals surface area contributed by atoms with Gasteiger partial charge in [0.2, 0.25) is 0 Å². The van der Waals surface area contributed by atoms with Crippen LogP contribution in [-0.4, -0.2) is 24.0 Å². The highest BCUT2D eigenvalue weighted by atomic mass is 35.5. The third kappa shape index (κ3) is 3.17. The monoisotopic (exact) mass is 323 g/mol. The van der Waals surface area contributed by atoms with Crippen LogP contribution in [0.2, 0.25) is 10.0 Å². The number of carbonyl (C=O) groups is 2. The molecule has 2 rings (SSSR count). The third-order valence-corrected chi connectivity index (χ3v) is 3.71. The maximum absolute atomic E-state index is 12.4. The summed E-state index contributed by atoms with van der Waals surface area (Å²) >= 11 is 11.7. The van der Waals surface area contributed by atoms with Crippen molar-refractivity contribution >= 4 is 40.8 Å². The summed E-state index contributed by atoms with van der Waals surface area (Å²) < 4.78 is 0. The third-order valence-electron chi connectivity index (χ3n) is 2.97. The van der Waals surface area contributed by atoms with Crippen molar-refractivity contribution in [2.24, 2.45) is 0 Å². The van der Waals surface area contributed by atoms with E-state index in [2.05, 4.69) is 0 Å². The van der Waals surface area contributed by atoms with E-state index >= 15 is 0 Å². The van der Waals surface area contributed by atoms with Crippen LogP contribution in [0.1, 0.15) is 20.7 Å². The highest BCUT2D eigenvalue weighted by molar-refractivity contribution is 6.42. The van der Waals surface area contributed by atoms with Crippen LogP contribution < -0.4 is 4.90 Å². The molecule has 6 heteroatoms. The van der Waals surface area contributed by atoms with Gasteiger partial charge in [0.1, 0.15) is 0 Å². The molecule has 0 aliphatic carbocycles. The van der Waals surface area contributed by atoms with E-state index in [0.29, 0.717) is 16.3 Å². The number of carbonyl (C=O) groups excluding carboxylic acids is 1. The highest BCUT2D eigenvalue weighted by Gasteiger charge is 2.19. The largest absolute Gasteiger partial charge is 0.478 e. The van der Waals surface area contributed by atoms with Crippen LogP contribution in [0.15, 0.2) is 42.5 Å². The number of halogens is 2. The number of hydrogen-bond acceptors (Lipinski definition) is 2. The van der Waals surface area contributed by atoms with Gasteiger partial charge in [-0.15, -0.1) is 0 Å². The molecule has 0 aliphatic heterocycles. The number of nitrogens with zero attached hydrogens (tertiary/aromatic N) is 1. The van der Waals surface area contributed by atoms with Crippen LogP contribution in [0.3, 0.4) is 0 Å². The minimum absolute atomic E-state index is 0.0495. The molecule has 0 aliphatic rings. The summed E-state index contributed by atoms with van der Waals surface area (Å²) in [6, 6.07) is 10.8. The van der Waals surface area contributed by atoms with Crippen LogP contribution in [-0.2, 0) is 0 Å². The minimum Gasteiger partial charge on any atom is -0.478 e. The molecule has 108 valence electrons. The quantitative estimate of drug-likeness (QED) is 0.929. The molecular weight excluding hydrogens is 313 g/mol. The number of amides is 1. The maximum Gasteiger partial charge on any atom is 0.337 e. The number of carboxylic acid groups (broad SMARTS) is 1. The van der Waals surface area contributed by atoms with Crippen molar-refractivity contribution in [2.75, 3.05) is 11.9 Å². The van der Waals surface area contributed by atoms with Gasteiger partial charge < -0.3 is 10.0 Å². The SMILES string of the molecule is CN(C(=O)c1ccc(Cl)c(Cl)c1)c1ccccc1C(=O)O. The lowest BCUT2D eigenvalue weighted by atomic mass is 10.1. The first kappa shape index (κ1) is 15.4. The van der Waals surface area contributed by atoms with E-state index in [-0.39, 0.29) is 16.5 Å². The average Bonchev–Trinajstić information content (AvgIpc) is 2.48. The predicted molar refractivity (Wildman–Crippen MR) is 82.6 cm³/mol. The smallest absolute Gasteiger partial charge is 0.337 e. The molecule has 2 aromatic carbocycles. The number of anilines is 1. The Bertz CT molecular complexity index is 716. The molecule has 1 amide bonds. The van der Waals surface area contributed by atoms with Gasteiger partial charge >= 0.3 is 5.97 Å². The number of carboxylic acids is 1. The fourth-order valence-corrected chi connectivity index (χ4v) is 2.18. The van der Waals surface area contributed by atoms with Gasteiger partial charge in [0, 0.05) is 12.6 Å². The zero-order valence-corrected chi connectivity index (χ0v) is 12.5. The van der Waals surface area contributed by atoms with Crippen molar-refractivity contribution in [1.82, 2.24) is 0 Å².